The summed E-state index contributed by atoms with van der Waals surface area (Å²) in [5, 5.41) is 0. The monoisotopic (exact) mass is 320 g/mol. The van der Waals surface area contributed by atoms with E-state index in [4.69, 9.17) is 10.5 Å². The molecule has 19 heavy (non-hydrogen) atoms. The summed E-state index contributed by atoms with van der Waals surface area (Å²) in [6, 6.07) is 11.9. The summed E-state index contributed by atoms with van der Waals surface area (Å²) >= 11 is 3.48. The second-order valence-corrected chi connectivity index (χ2v) is 5.22. The first-order valence-corrected chi connectivity index (χ1v) is 6.99. The van der Waals surface area contributed by atoms with Gasteiger partial charge < -0.3 is 10.5 Å². The summed E-state index contributed by atoms with van der Waals surface area (Å²) in [6.45, 7) is 0. The summed E-state index contributed by atoms with van der Waals surface area (Å²) in [4.78, 5) is 4.33. The number of hydrogen-bond donors (Lipinski definition) is 1. The Balaban J connectivity index is 1.96. The minimum Gasteiger partial charge on any atom is -0.497 e. The van der Waals surface area contributed by atoms with Crippen LogP contribution in [0.5, 0.6) is 5.75 Å². The largest absolute Gasteiger partial charge is 0.497 e. The lowest BCUT2D eigenvalue weighted by molar-refractivity contribution is 0.414. The molecule has 3 nitrogen and oxygen atoms in total. The van der Waals surface area contributed by atoms with Gasteiger partial charge in [0.1, 0.15) is 5.75 Å². The van der Waals surface area contributed by atoms with E-state index in [0.717, 1.165) is 28.8 Å². The number of rotatable bonds is 5. The molecule has 0 aliphatic heterocycles. The van der Waals surface area contributed by atoms with Gasteiger partial charge in [0.25, 0.3) is 0 Å². The number of nitrogens with two attached hydrogens (primary N) is 1. The quantitative estimate of drug-likeness (QED) is 0.917. The molecule has 1 heterocycles. The highest BCUT2D eigenvalue weighted by Crippen LogP contribution is 2.23. The maximum atomic E-state index is 6.18. The SMILES string of the molecule is COc1ccc(CCC(N)c2ncccc2Br)cc1. The molecule has 0 saturated carbocycles. The Morgan fingerprint density at radius 1 is 1.26 bits per heavy atom. The number of benzene rings is 1. The third-order valence-corrected chi connectivity index (χ3v) is 3.71. The van der Waals surface area contributed by atoms with Crippen molar-refractivity contribution < 1.29 is 4.74 Å². The molecular weight excluding hydrogens is 304 g/mol. The van der Waals surface area contributed by atoms with Gasteiger partial charge in [0.15, 0.2) is 0 Å². The minimum atomic E-state index is -0.0577. The molecule has 1 unspecified atom stereocenters. The summed E-state index contributed by atoms with van der Waals surface area (Å²) in [7, 11) is 1.67. The highest BCUT2D eigenvalue weighted by molar-refractivity contribution is 9.10. The molecule has 0 saturated heterocycles. The van der Waals surface area contributed by atoms with Crippen LogP contribution in [-0.4, -0.2) is 12.1 Å². The van der Waals surface area contributed by atoms with E-state index in [1.54, 1.807) is 13.3 Å². The lowest BCUT2D eigenvalue weighted by Crippen LogP contribution is -2.13. The van der Waals surface area contributed by atoms with Crippen LogP contribution in [0.4, 0.5) is 0 Å². The number of ether oxygens (including phenoxy) is 1. The number of nitrogens with zero attached hydrogens (tertiary/aromatic N) is 1. The van der Waals surface area contributed by atoms with Gasteiger partial charge in [-0.15, -0.1) is 0 Å². The smallest absolute Gasteiger partial charge is 0.118 e. The Bertz CT molecular complexity index is 528. The van der Waals surface area contributed by atoms with Crippen LogP contribution in [0.1, 0.15) is 23.7 Å². The van der Waals surface area contributed by atoms with Crippen LogP contribution in [0.2, 0.25) is 0 Å². The molecule has 0 bridgehead atoms. The van der Waals surface area contributed by atoms with Gasteiger partial charge in [-0.3, -0.25) is 4.98 Å². The van der Waals surface area contributed by atoms with Crippen LogP contribution in [-0.2, 0) is 6.42 Å². The average molecular weight is 321 g/mol. The van der Waals surface area contributed by atoms with E-state index in [0.29, 0.717) is 0 Å². The Labute approximate surface area is 121 Å². The highest BCUT2D eigenvalue weighted by atomic mass is 79.9. The van der Waals surface area contributed by atoms with Gasteiger partial charge in [0.2, 0.25) is 0 Å². The highest BCUT2D eigenvalue weighted by Gasteiger charge is 2.10. The molecule has 100 valence electrons. The van der Waals surface area contributed by atoms with E-state index >= 15 is 0 Å². The third-order valence-electron chi connectivity index (χ3n) is 3.04. The second-order valence-electron chi connectivity index (χ2n) is 4.36. The molecule has 2 aromatic rings. The minimum absolute atomic E-state index is 0.0577. The van der Waals surface area contributed by atoms with Crippen LogP contribution in [0.25, 0.3) is 0 Å². The van der Waals surface area contributed by atoms with Crippen molar-refractivity contribution in [3.63, 3.8) is 0 Å². The van der Waals surface area contributed by atoms with Gasteiger partial charge >= 0.3 is 0 Å². The fourth-order valence-electron chi connectivity index (χ4n) is 1.92. The van der Waals surface area contributed by atoms with Crippen molar-refractivity contribution in [1.29, 1.82) is 0 Å². The first-order valence-electron chi connectivity index (χ1n) is 6.19. The Morgan fingerprint density at radius 2 is 2.00 bits per heavy atom. The van der Waals surface area contributed by atoms with E-state index in [-0.39, 0.29) is 6.04 Å². The fraction of sp³-hybridized carbons (Fsp3) is 0.267. The molecular formula is C15H17BrN2O. The van der Waals surface area contributed by atoms with Crippen molar-refractivity contribution in [3.05, 3.63) is 58.3 Å². The Morgan fingerprint density at radius 3 is 2.63 bits per heavy atom. The molecule has 0 aliphatic rings. The van der Waals surface area contributed by atoms with Gasteiger partial charge in [0.05, 0.1) is 12.8 Å². The number of methoxy groups -OCH3 is 1. The van der Waals surface area contributed by atoms with Crippen molar-refractivity contribution in [3.8, 4) is 5.75 Å². The molecule has 0 amide bonds. The lowest BCUT2D eigenvalue weighted by atomic mass is 10.0. The molecule has 0 spiro atoms. The van der Waals surface area contributed by atoms with Crippen LogP contribution in [0.3, 0.4) is 0 Å². The summed E-state index contributed by atoms with van der Waals surface area (Å²) in [6.07, 6.45) is 3.56. The van der Waals surface area contributed by atoms with Gasteiger partial charge in [-0.2, -0.15) is 0 Å². The number of hydrogen-bond acceptors (Lipinski definition) is 3. The van der Waals surface area contributed by atoms with Gasteiger partial charge in [-0.05, 0) is 58.6 Å². The Hall–Kier alpha value is -1.39. The first kappa shape index (κ1) is 14.0. The number of pyridine rings is 1. The molecule has 1 atom stereocenters. The molecule has 1 aromatic heterocycles. The molecule has 0 aliphatic carbocycles. The predicted octanol–water partition coefficient (Wildman–Crippen LogP) is 3.49. The Kier molecular flexibility index (Phi) is 4.93. The molecule has 2 rings (SSSR count). The van der Waals surface area contributed by atoms with E-state index < -0.39 is 0 Å². The van der Waals surface area contributed by atoms with Crippen LogP contribution in [0.15, 0.2) is 47.1 Å². The number of aromatic nitrogens is 1. The molecule has 0 radical (unpaired) electrons. The maximum absolute atomic E-state index is 6.18. The summed E-state index contributed by atoms with van der Waals surface area (Å²) in [5.41, 5.74) is 8.35. The van der Waals surface area contributed by atoms with E-state index in [1.165, 1.54) is 5.56 Å². The molecule has 2 N–H and O–H groups in total. The zero-order valence-corrected chi connectivity index (χ0v) is 12.4. The summed E-state index contributed by atoms with van der Waals surface area (Å²) < 4.78 is 6.11. The molecule has 1 aromatic carbocycles. The van der Waals surface area contributed by atoms with Crippen LogP contribution in [0, 0.1) is 0 Å². The standard InChI is InChI=1S/C15H17BrN2O/c1-19-12-7-4-11(5-8-12)6-9-14(17)15-13(16)3-2-10-18-15/h2-5,7-8,10,14H,6,9,17H2,1H3. The van der Waals surface area contributed by atoms with Gasteiger partial charge in [0, 0.05) is 16.7 Å². The topological polar surface area (TPSA) is 48.1 Å². The number of halogens is 1. The van der Waals surface area contributed by atoms with Gasteiger partial charge in [-0.25, -0.2) is 0 Å². The lowest BCUT2D eigenvalue weighted by Gasteiger charge is -2.12. The fourth-order valence-corrected chi connectivity index (χ4v) is 2.47. The van der Waals surface area contributed by atoms with E-state index in [1.807, 2.05) is 24.3 Å². The maximum Gasteiger partial charge on any atom is 0.118 e. The number of aryl methyl sites for hydroxylation is 1. The third kappa shape index (κ3) is 3.78. The van der Waals surface area contributed by atoms with Crippen molar-refractivity contribution in [2.75, 3.05) is 7.11 Å². The normalized spacial score (nSPS) is 12.2. The zero-order valence-electron chi connectivity index (χ0n) is 10.8. The van der Waals surface area contributed by atoms with Crippen molar-refractivity contribution in [2.24, 2.45) is 5.73 Å². The van der Waals surface area contributed by atoms with Crippen molar-refractivity contribution in [2.45, 2.75) is 18.9 Å². The van der Waals surface area contributed by atoms with E-state index in [9.17, 15) is 0 Å². The van der Waals surface area contributed by atoms with Crippen molar-refractivity contribution >= 4 is 15.9 Å². The average Bonchev–Trinajstić information content (AvgIpc) is 2.46. The summed E-state index contributed by atoms with van der Waals surface area (Å²) in [5.74, 6) is 0.875. The first-order chi connectivity index (χ1) is 9.20. The van der Waals surface area contributed by atoms with Crippen molar-refractivity contribution in [1.82, 2.24) is 4.98 Å². The van der Waals surface area contributed by atoms with Gasteiger partial charge in [-0.1, -0.05) is 12.1 Å². The molecule has 4 heteroatoms. The zero-order chi connectivity index (χ0) is 13.7. The van der Waals surface area contributed by atoms with Crippen LogP contribution >= 0.6 is 15.9 Å². The van der Waals surface area contributed by atoms with E-state index in [2.05, 4.69) is 33.0 Å². The molecule has 0 fully saturated rings. The second kappa shape index (κ2) is 6.68. The van der Waals surface area contributed by atoms with Crippen LogP contribution < -0.4 is 10.5 Å². The predicted molar refractivity (Wildman–Crippen MR) is 80.2 cm³/mol.